The first-order valence-electron chi connectivity index (χ1n) is 7.67. The van der Waals surface area contributed by atoms with Gasteiger partial charge in [0.15, 0.2) is 0 Å². The molecule has 0 saturated carbocycles. The molecule has 0 bridgehead atoms. The van der Waals surface area contributed by atoms with Crippen LogP contribution in [0.4, 0.5) is 0 Å². The fraction of sp³-hybridized carbons (Fsp3) is 0.562. The number of nitrogens with zero attached hydrogens (tertiary/aromatic N) is 1. The molecule has 1 aromatic rings. The minimum Gasteiger partial charge on any atom is -0.341 e. The van der Waals surface area contributed by atoms with E-state index in [1.54, 1.807) is 0 Å². The summed E-state index contributed by atoms with van der Waals surface area (Å²) in [7, 11) is 0. The van der Waals surface area contributed by atoms with E-state index in [0.29, 0.717) is 11.2 Å². The van der Waals surface area contributed by atoms with E-state index in [1.807, 2.05) is 28.8 Å². The summed E-state index contributed by atoms with van der Waals surface area (Å²) < 4.78 is 0. The predicted octanol–water partition coefficient (Wildman–Crippen LogP) is 3.18. The molecule has 1 N–H and O–H groups in total. The third kappa shape index (κ3) is 3.93. The maximum atomic E-state index is 12.3. The van der Waals surface area contributed by atoms with Crippen LogP contribution < -0.4 is 5.32 Å². The first-order chi connectivity index (χ1) is 10.2. The third-order valence-corrected chi connectivity index (χ3v) is 5.83. The molecule has 3 nitrogen and oxygen atoms in total. The summed E-state index contributed by atoms with van der Waals surface area (Å²) >= 11 is 7.82. The Morgan fingerprint density at radius 3 is 2.52 bits per heavy atom. The highest BCUT2D eigenvalue weighted by atomic mass is 35.5. The molecule has 2 saturated heterocycles. The van der Waals surface area contributed by atoms with Crippen LogP contribution in [0.2, 0.25) is 5.02 Å². The number of amides is 1. The van der Waals surface area contributed by atoms with Crippen LogP contribution in [0.25, 0.3) is 0 Å². The van der Waals surface area contributed by atoms with Crippen LogP contribution in [0.3, 0.4) is 0 Å². The Bertz CT molecular complexity index is 480. The summed E-state index contributed by atoms with van der Waals surface area (Å²) in [5.41, 5.74) is 0. The molecule has 114 valence electrons. The van der Waals surface area contributed by atoms with Crippen molar-refractivity contribution in [1.82, 2.24) is 10.2 Å². The lowest BCUT2D eigenvalue weighted by molar-refractivity contribution is -0.133. The molecule has 2 aliphatic heterocycles. The van der Waals surface area contributed by atoms with Crippen LogP contribution in [-0.2, 0) is 4.79 Å². The molecule has 0 radical (unpaired) electrons. The van der Waals surface area contributed by atoms with E-state index in [-0.39, 0.29) is 6.04 Å². The second-order valence-electron chi connectivity index (χ2n) is 5.75. The molecule has 1 atom stereocenters. The van der Waals surface area contributed by atoms with Crippen molar-refractivity contribution in [3.05, 3.63) is 29.3 Å². The van der Waals surface area contributed by atoms with Crippen molar-refractivity contribution in [3.8, 4) is 0 Å². The zero-order chi connectivity index (χ0) is 14.7. The van der Waals surface area contributed by atoms with Crippen LogP contribution in [0, 0.1) is 0 Å². The van der Waals surface area contributed by atoms with Gasteiger partial charge in [-0.3, -0.25) is 4.79 Å². The standard InChI is InChI=1S/C16H21ClN2OS/c17-12-3-5-13(6-4-12)21-14-7-10-19(11-8-14)16(20)15-2-1-9-18-15/h3-6,14-15,18H,1-2,7-11H2. The van der Waals surface area contributed by atoms with E-state index in [4.69, 9.17) is 11.6 Å². The molecule has 2 heterocycles. The van der Waals surface area contributed by atoms with Gasteiger partial charge in [0.25, 0.3) is 0 Å². The summed E-state index contributed by atoms with van der Waals surface area (Å²) in [6.45, 7) is 2.77. The number of halogens is 1. The van der Waals surface area contributed by atoms with Crippen molar-refractivity contribution in [3.63, 3.8) is 0 Å². The summed E-state index contributed by atoms with van der Waals surface area (Å²) in [6, 6.07) is 8.10. The lowest BCUT2D eigenvalue weighted by Gasteiger charge is -2.33. The number of carbonyl (C=O) groups is 1. The molecule has 1 unspecified atom stereocenters. The van der Waals surface area contributed by atoms with Crippen molar-refractivity contribution in [2.24, 2.45) is 0 Å². The van der Waals surface area contributed by atoms with E-state index in [1.165, 1.54) is 4.90 Å². The number of nitrogens with one attached hydrogen (secondary N) is 1. The van der Waals surface area contributed by atoms with Crippen molar-refractivity contribution in [2.75, 3.05) is 19.6 Å². The highest BCUT2D eigenvalue weighted by Gasteiger charge is 2.29. The number of rotatable bonds is 3. The smallest absolute Gasteiger partial charge is 0.239 e. The van der Waals surface area contributed by atoms with Gasteiger partial charge in [-0.1, -0.05) is 11.6 Å². The zero-order valence-electron chi connectivity index (χ0n) is 12.1. The summed E-state index contributed by atoms with van der Waals surface area (Å²) in [5.74, 6) is 0.308. The molecule has 21 heavy (non-hydrogen) atoms. The number of carbonyl (C=O) groups excluding carboxylic acids is 1. The Balaban J connectivity index is 1.48. The van der Waals surface area contributed by atoms with Gasteiger partial charge in [0.05, 0.1) is 6.04 Å². The van der Waals surface area contributed by atoms with E-state index >= 15 is 0 Å². The first-order valence-corrected chi connectivity index (χ1v) is 8.92. The number of piperidine rings is 1. The minimum absolute atomic E-state index is 0.0745. The number of benzene rings is 1. The van der Waals surface area contributed by atoms with E-state index in [2.05, 4.69) is 17.4 Å². The average Bonchev–Trinajstić information content (AvgIpc) is 3.04. The Morgan fingerprint density at radius 1 is 1.19 bits per heavy atom. The maximum Gasteiger partial charge on any atom is 0.239 e. The fourth-order valence-electron chi connectivity index (χ4n) is 3.02. The predicted molar refractivity (Wildman–Crippen MR) is 87.9 cm³/mol. The average molecular weight is 325 g/mol. The molecule has 1 amide bonds. The van der Waals surface area contributed by atoms with Crippen LogP contribution in [0.1, 0.15) is 25.7 Å². The van der Waals surface area contributed by atoms with Crippen LogP contribution in [0.5, 0.6) is 0 Å². The van der Waals surface area contributed by atoms with Crippen LogP contribution in [-0.4, -0.2) is 41.7 Å². The highest BCUT2D eigenvalue weighted by molar-refractivity contribution is 8.00. The zero-order valence-corrected chi connectivity index (χ0v) is 13.6. The van der Waals surface area contributed by atoms with Crippen molar-refractivity contribution in [2.45, 2.75) is 41.9 Å². The lowest BCUT2D eigenvalue weighted by Crippen LogP contribution is -2.47. The SMILES string of the molecule is O=C(C1CCCN1)N1CCC(Sc2ccc(Cl)cc2)CC1. The molecule has 0 aromatic heterocycles. The summed E-state index contributed by atoms with van der Waals surface area (Å²) in [4.78, 5) is 15.7. The van der Waals surface area contributed by atoms with Crippen molar-refractivity contribution in [1.29, 1.82) is 0 Å². The molecular formula is C16H21ClN2OS. The van der Waals surface area contributed by atoms with Gasteiger partial charge >= 0.3 is 0 Å². The molecule has 5 heteroatoms. The minimum atomic E-state index is 0.0745. The molecule has 1 aromatic carbocycles. The van der Waals surface area contributed by atoms with E-state index < -0.39 is 0 Å². The highest BCUT2D eigenvalue weighted by Crippen LogP contribution is 2.31. The normalized spacial score (nSPS) is 23.5. The number of hydrogen-bond acceptors (Lipinski definition) is 3. The van der Waals surface area contributed by atoms with Gasteiger partial charge in [0.1, 0.15) is 0 Å². The molecule has 2 fully saturated rings. The van der Waals surface area contributed by atoms with E-state index in [0.717, 1.165) is 50.3 Å². The topological polar surface area (TPSA) is 32.3 Å². The van der Waals surface area contributed by atoms with Gasteiger partial charge in [-0.2, -0.15) is 0 Å². The Labute approximate surface area is 135 Å². The Kier molecular flexibility index (Phi) is 5.09. The fourth-order valence-corrected chi connectivity index (χ4v) is 4.27. The van der Waals surface area contributed by atoms with Gasteiger partial charge in [0.2, 0.25) is 5.91 Å². The number of likely N-dealkylation sites (tertiary alicyclic amines) is 1. The second kappa shape index (κ2) is 7.03. The van der Waals surface area contributed by atoms with Gasteiger partial charge < -0.3 is 10.2 Å². The molecule has 0 aliphatic carbocycles. The van der Waals surface area contributed by atoms with E-state index in [9.17, 15) is 4.79 Å². The van der Waals surface area contributed by atoms with Gasteiger partial charge in [0, 0.05) is 28.3 Å². The quantitative estimate of drug-likeness (QED) is 0.927. The van der Waals surface area contributed by atoms with Gasteiger partial charge in [-0.25, -0.2) is 0 Å². The summed E-state index contributed by atoms with van der Waals surface area (Å²) in [5, 5.41) is 4.69. The number of hydrogen-bond donors (Lipinski definition) is 1. The summed E-state index contributed by atoms with van der Waals surface area (Å²) in [6.07, 6.45) is 4.27. The van der Waals surface area contributed by atoms with Crippen LogP contribution in [0.15, 0.2) is 29.2 Å². The maximum absolute atomic E-state index is 12.3. The molecule has 2 aliphatic rings. The molecular weight excluding hydrogens is 304 g/mol. The molecule has 0 spiro atoms. The lowest BCUT2D eigenvalue weighted by atomic mass is 10.1. The Hall–Kier alpha value is -0.710. The largest absolute Gasteiger partial charge is 0.341 e. The first kappa shape index (κ1) is 15.2. The second-order valence-corrected chi connectivity index (χ2v) is 7.56. The van der Waals surface area contributed by atoms with Gasteiger partial charge in [-0.15, -0.1) is 11.8 Å². The van der Waals surface area contributed by atoms with Crippen molar-refractivity contribution >= 4 is 29.3 Å². The Morgan fingerprint density at radius 2 is 1.90 bits per heavy atom. The molecule has 3 rings (SSSR count). The number of thioether (sulfide) groups is 1. The monoisotopic (exact) mass is 324 g/mol. The van der Waals surface area contributed by atoms with Crippen molar-refractivity contribution < 1.29 is 4.79 Å². The van der Waals surface area contributed by atoms with Crippen LogP contribution >= 0.6 is 23.4 Å². The third-order valence-electron chi connectivity index (χ3n) is 4.23. The van der Waals surface area contributed by atoms with Gasteiger partial charge in [-0.05, 0) is 56.5 Å².